The highest BCUT2D eigenvalue weighted by atomic mass is 16.6. The maximum Gasteiger partial charge on any atom is 0.347 e. The van der Waals surface area contributed by atoms with Gasteiger partial charge in [-0.25, -0.2) is 4.79 Å². The normalized spacial score (nSPS) is 13.6. The molecule has 1 aromatic rings. The molecule has 0 fully saturated rings. The third-order valence-electron chi connectivity index (χ3n) is 2.99. The maximum absolute atomic E-state index is 11.6. The van der Waals surface area contributed by atoms with Gasteiger partial charge in [-0.3, -0.25) is 4.98 Å². The maximum atomic E-state index is 11.6. The van der Waals surface area contributed by atoms with Crippen molar-refractivity contribution < 1.29 is 14.3 Å². The first kappa shape index (κ1) is 16.4. The third kappa shape index (κ3) is 5.17. The Morgan fingerprint density at radius 2 is 2.05 bits per heavy atom. The van der Waals surface area contributed by atoms with E-state index in [0.717, 1.165) is 18.5 Å². The van der Waals surface area contributed by atoms with Gasteiger partial charge in [-0.05, 0) is 31.9 Å². The van der Waals surface area contributed by atoms with Gasteiger partial charge in [-0.15, -0.1) is 0 Å². The fourth-order valence-electron chi connectivity index (χ4n) is 1.71. The number of ether oxygens (including phenoxy) is 2. The van der Waals surface area contributed by atoms with Gasteiger partial charge in [-0.1, -0.05) is 13.8 Å². The van der Waals surface area contributed by atoms with Crippen molar-refractivity contribution in [3.8, 4) is 5.75 Å². The summed E-state index contributed by atoms with van der Waals surface area (Å²) in [5, 5.41) is 0. The Hall–Kier alpha value is -1.62. The van der Waals surface area contributed by atoms with Gasteiger partial charge in [-0.2, -0.15) is 0 Å². The van der Waals surface area contributed by atoms with E-state index in [0.29, 0.717) is 18.8 Å². The Balaban J connectivity index is 2.61. The lowest BCUT2D eigenvalue weighted by atomic mass is 10.1. The molecule has 0 bridgehead atoms. The molecule has 0 aromatic carbocycles. The number of nitrogens with zero attached hydrogens (tertiary/aromatic N) is 1. The minimum atomic E-state index is -0.583. The molecule has 112 valence electrons. The minimum Gasteiger partial charge on any atom is -0.477 e. The van der Waals surface area contributed by atoms with Crippen molar-refractivity contribution in [3.63, 3.8) is 0 Å². The molecule has 0 amide bonds. The zero-order chi connectivity index (χ0) is 15.0. The number of esters is 1. The fourth-order valence-corrected chi connectivity index (χ4v) is 1.71. The second-order valence-electron chi connectivity index (χ2n) is 4.62. The molecular weight excluding hydrogens is 256 g/mol. The van der Waals surface area contributed by atoms with Crippen molar-refractivity contribution in [2.45, 2.75) is 52.2 Å². The Morgan fingerprint density at radius 1 is 1.30 bits per heavy atom. The van der Waals surface area contributed by atoms with E-state index in [4.69, 9.17) is 15.2 Å². The lowest BCUT2D eigenvalue weighted by Gasteiger charge is -2.16. The van der Waals surface area contributed by atoms with E-state index >= 15 is 0 Å². The number of pyridine rings is 1. The van der Waals surface area contributed by atoms with Crippen LogP contribution >= 0.6 is 0 Å². The average molecular weight is 280 g/mol. The Kier molecular flexibility index (Phi) is 7.01. The van der Waals surface area contributed by atoms with Gasteiger partial charge < -0.3 is 15.2 Å². The summed E-state index contributed by atoms with van der Waals surface area (Å²) >= 11 is 0. The van der Waals surface area contributed by atoms with E-state index in [1.54, 1.807) is 13.1 Å². The van der Waals surface area contributed by atoms with Crippen LogP contribution in [0.3, 0.4) is 0 Å². The van der Waals surface area contributed by atoms with Crippen LogP contribution in [0.1, 0.15) is 39.3 Å². The van der Waals surface area contributed by atoms with Gasteiger partial charge >= 0.3 is 5.97 Å². The van der Waals surface area contributed by atoms with Crippen LogP contribution in [0.5, 0.6) is 5.75 Å². The van der Waals surface area contributed by atoms with Gasteiger partial charge in [0.2, 0.25) is 0 Å². The van der Waals surface area contributed by atoms with E-state index in [-0.39, 0.29) is 12.0 Å². The van der Waals surface area contributed by atoms with Crippen molar-refractivity contribution in [1.29, 1.82) is 0 Å². The molecule has 1 heterocycles. The zero-order valence-corrected chi connectivity index (χ0v) is 12.5. The third-order valence-corrected chi connectivity index (χ3v) is 2.99. The molecule has 1 rings (SSSR count). The summed E-state index contributed by atoms with van der Waals surface area (Å²) in [5.41, 5.74) is 6.81. The second-order valence-corrected chi connectivity index (χ2v) is 4.62. The molecule has 1 aromatic heterocycles. The number of hydrogen-bond donors (Lipinski definition) is 1. The lowest BCUT2D eigenvalue weighted by Crippen LogP contribution is -2.28. The van der Waals surface area contributed by atoms with E-state index in [1.807, 2.05) is 26.0 Å². The highest BCUT2D eigenvalue weighted by Gasteiger charge is 2.19. The van der Waals surface area contributed by atoms with Gasteiger partial charge in [0.1, 0.15) is 5.75 Å². The van der Waals surface area contributed by atoms with Crippen molar-refractivity contribution in [1.82, 2.24) is 4.98 Å². The van der Waals surface area contributed by atoms with Crippen molar-refractivity contribution in [2.24, 2.45) is 5.73 Å². The Morgan fingerprint density at radius 3 is 2.55 bits per heavy atom. The predicted octanol–water partition coefficient (Wildman–Crippen LogP) is 2.08. The van der Waals surface area contributed by atoms with Crippen LogP contribution in [0.25, 0.3) is 0 Å². The zero-order valence-electron chi connectivity index (χ0n) is 12.5. The van der Waals surface area contributed by atoms with E-state index in [9.17, 15) is 4.79 Å². The number of nitrogens with two attached hydrogens (primary N) is 1. The van der Waals surface area contributed by atoms with Crippen LogP contribution in [0, 0.1) is 0 Å². The quantitative estimate of drug-likeness (QED) is 0.738. The summed E-state index contributed by atoms with van der Waals surface area (Å²) in [7, 11) is 0. The summed E-state index contributed by atoms with van der Waals surface area (Å²) in [6, 6.07) is 3.81. The average Bonchev–Trinajstić information content (AvgIpc) is 2.46. The summed E-state index contributed by atoms with van der Waals surface area (Å²) < 4.78 is 10.6. The molecule has 0 saturated carbocycles. The van der Waals surface area contributed by atoms with Crippen molar-refractivity contribution in [2.75, 3.05) is 6.61 Å². The van der Waals surface area contributed by atoms with E-state index in [1.165, 1.54) is 0 Å². The first-order chi connectivity index (χ1) is 9.60. The van der Waals surface area contributed by atoms with E-state index in [2.05, 4.69) is 4.98 Å². The molecule has 2 unspecified atom stereocenters. The van der Waals surface area contributed by atoms with Gasteiger partial charge in [0.25, 0.3) is 0 Å². The molecule has 0 aliphatic rings. The molecular formula is C15H24N2O3. The number of carbonyl (C=O) groups excluding carboxylic acids is 1. The topological polar surface area (TPSA) is 74.4 Å². The second kappa shape index (κ2) is 8.53. The van der Waals surface area contributed by atoms with Crippen molar-refractivity contribution >= 4 is 5.97 Å². The molecule has 0 aliphatic heterocycles. The fraction of sp³-hybridized carbons (Fsp3) is 0.600. The van der Waals surface area contributed by atoms with Gasteiger partial charge in [0.05, 0.1) is 12.8 Å². The standard InChI is InChI=1S/C15H24N2O3/c1-4-11(16)9-12-7-8-13(10-17-12)20-14(5-2)15(18)19-6-3/h7-8,10-11,14H,4-6,9,16H2,1-3H3. The monoisotopic (exact) mass is 280 g/mol. The number of rotatable bonds is 8. The molecule has 2 atom stereocenters. The highest BCUT2D eigenvalue weighted by molar-refractivity contribution is 5.75. The van der Waals surface area contributed by atoms with Crippen LogP contribution < -0.4 is 10.5 Å². The van der Waals surface area contributed by atoms with Crippen molar-refractivity contribution in [3.05, 3.63) is 24.0 Å². The number of hydrogen-bond acceptors (Lipinski definition) is 5. The molecule has 0 radical (unpaired) electrons. The number of carbonyl (C=O) groups is 1. The van der Waals surface area contributed by atoms with E-state index < -0.39 is 6.10 Å². The van der Waals surface area contributed by atoms with Gasteiger partial charge in [0.15, 0.2) is 6.10 Å². The first-order valence-electron chi connectivity index (χ1n) is 7.14. The highest BCUT2D eigenvalue weighted by Crippen LogP contribution is 2.14. The van der Waals surface area contributed by atoms with Crippen LogP contribution in [-0.2, 0) is 16.0 Å². The summed E-state index contributed by atoms with van der Waals surface area (Å²) in [4.78, 5) is 15.9. The molecule has 2 N–H and O–H groups in total. The summed E-state index contributed by atoms with van der Waals surface area (Å²) in [6.45, 7) is 6.06. The van der Waals surface area contributed by atoms with Crippen LogP contribution in [0.15, 0.2) is 18.3 Å². The van der Waals surface area contributed by atoms with Crippen LogP contribution in [0.2, 0.25) is 0 Å². The summed E-state index contributed by atoms with van der Waals surface area (Å²) in [6.07, 6.45) is 3.26. The van der Waals surface area contributed by atoms with Crippen LogP contribution in [0.4, 0.5) is 0 Å². The number of aromatic nitrogens is 1. The molecule has 20 heavy (non-hydrogen) atoms. The SMILES string of the molecule is CCOC(=O)C(CC)Oc1ccc(CC(N)CC)nc1. The molecule has 5 heteroatoms. The molecule has 5 nitrogen and oxygen atoms in total. The predicted molar refractivity (Wildman–Crippen MR) is 77.5 cm³/mol. The summed E-state index contributed by atoms with van der Waals surface area (Å²) in [5.74, 6) is 0.228. The molecule has 0 aliphatic carbocycles. The largest absolute Gasteiger partial charge is 0.477 e. The Labute approximate surface area is 120 Å². The lowest BCUT2D eigenvalue weighted by molar-refractivity contribution is -0.151. The minimum absolute atomic E-state index is 0.122. The van der Waals surface area contributed by atoms with Crippen LogP contribution in [-0.4, -0.2) is 29.7 Å². The Bertz CT molecular complexity index is 406. The molecule has 0 saturated heterocycles. The molecule has 0 spiro atoms. The van der Waals surface area contributed by atoms with Gasteiger partial charge in [0, 0.05) is 18.2 Å². The smallest absolute Gasteiger partial charge is 0.347 e. The first-order valence-corrected chi connectivity index (χ1v) is 7.14.